The fourth-order valence-electron chi connectivity index (χ4n) is 2.16. The highest BCUT2D eigenvalue weighted by molar-refractivity contribution is 7.98. The smallest absolute Gasteiger partial charge is 0.191 e. The van der Waals surface area contributed by atoms with Crippen molar-refractivity contribution in [1.29, 1.82) is 0 Å². The number of thioether (sulfide) groups is 1. The van der Waals surface area contributed by atoms with Crippen molar-refractivity contribution in [2.75, 3.05) is 6.26 Å². The van der Waals surface area contributed by atoms with Crippen LogP contribution in [0.5, 0.6) is 0 Å². The van der Waals surface area contributed by atoms with Crippen LogP contribution in [0.2, 0.25) is 0 Å². The van der Waals surface area contributed by atoms with Crippen LogP contribution in [0.1, 0.15) is 5.56 Å². The lowest BCUT2D eigenvalue weighted by molar-refractivity contribution is 0.628. The summed E-state index contributed by atoms with van der Waals surface area (Å²) in [5.74, 6) is 0.501. The fourth-order valence-corrected chi connectivity index (χ4v) is 2.65. The maximum atomic E-state index is 13.1. The van der Waals surface area contributed by atoms with Crippen LogP contribution in [0.4, 0.5) is 4.39 Å². The van der Waals surface area contributed by atoms with Crippen LogP contribution in [-0.4, -0.2) is 21.0 Å². The maximum absolute atomic E-state index is 13.1. The molecule has 1 aromatic heterocycles. The van der Waals surface area contributed by atoms with Crippen LogP contribution in [0.25, 0.3) is 11.4 Å². The Morgan fingerprint density at radius 2 is 1.71 bits per heavy atom. The number of halogens is 1. The second-order valence-electron chi connectivity index (χ2n) is 4.59. The van der Waals surface area contributed by atoms with Crippen LogP contribution >= 0.6 is 11.8 Å². The van der Waals surface area contributed by atoms with Crippen LogP contribution < -0.4 is 0 Å². The van der Waals surface area contributed by atoms with Gasteiger partial charge in [0.2, 0.25) is 0 Å². The molecule has 2 aromatic carbocycles. The lowest BCUT2D eigenvalue weighted by atomic mass is 10.2. The third-order valence-corrected chi connectivity index (χ3v) is 3.85. The zero-order valence-corrected chi connectivity index (χ0v) is 12.3. The number of aromatic nitrogens is 3. The maximum Gasteiger partial charge on any atom is 0.191 e. The van der Waals surface area contributed by atoms with Crippen molar-refractivity contribution >= 4 is 11.8 Å². The predicted octanol–water partition coefficient (Wildman–Crippen LogP) is 3.85. The quantitative estimate of drug-likeness (QED) is 0.685. The first-order chi connectivity index (χ1) is 10.3. The van der Waals surface area contributed by atoms with E-state index >= 15 is 0 Å². The van der Waals surface area contributed by atoms with Crippen molar-refractivity contribution in [1.82, 2.24) is 14.8 Å². The predicted molar refractivity (Wildman–Crippen MR) is 82.7 cm³/mol. The Morgan fingerprint density at radius 1 is 1.00 bits per heavy atom. The molecule has 0 spiro atoms. The summed E-state index contributed by atoms with van der Waals surface area (Å²) < 4.78 is 15.1. The molecule has 0 saturated heterocycles. The van der Waals surface area contributed by atoms with Crippen LogP contribution in [0.15, 0.2) is 59.8 Å². The molecule has 21 heavy (non-hydrogen) atoms. The van der Waals surface area contributed by atoms with E-state index in [2.05, 4.69) is 22.3 Å². The minimum atomic E-state index is -0.252. The van der Waals surface area contributed by atoms with E-state index in [0.29, 0.717) is 6.54 Å². The SMILES string of the molecule is CSc1nnc(-c2ccc(F)cc2)n1Cc1ccccc1. The number of hydrogen-bond acceptors (Lipinski definition) is 3. The first kappa shape index (κ1) is 13.8. The lowest BCUT2D eigenvalue weighted by Crippen LogP contribution is -2.03. The second kappa shape index (κ2) is 6.10. The highest BCUT2D eigenvalue weighted by Gasteiger charge is 2.13. The largest absolute Gasteiger partial charge is 0.298 e. The summed E-state index contributed by atoms with van der Waals surface area (Å²) in [6, 6.07) is 16.5. The average molecular weight is 299 g/mol. The molecule has 0 aliphatic heterocycles. The van der Waals surface area contributed by atoms with Crippen LogP contribution in [0, 0.1) is 5.82 Å². The number of benzene rings is 2. The number of rotatable bonds is 4. The van der Waals surface area contributed by atoms with Gasteiger partial charge in [0.05, 0.1) is 6.54 Å². The van der Waals surface area contributed by atoms with Gasteiger partial charge in [0.15, 0.2) is 11.0 Å². The van der Waals surface area contributed by atoms with Gasteiger partial charge >= 0.3 is 0 Å². The van der Waals surface area contributed by atoms with Gasteiger partial charge in [-0.15, -0.1) is 10.2 Å². The fraction of sp³-hybridized carbons (Fsp3) is 0.125. The van der Waals surface area contributed by atoms with E-state index in [0.717, 1.165) is 16.5 Å². The summed E-state index contributed by atoms with van der Waals surface area (Å²) in [4.78, 5) is 0. The highest BCUT2D eigenvalue weighted by Crippen LogP contribution is 2.24. The van der Waals surface area contributed by atoms with Gasteiger partial charge in [-0.3, -0.25) is 4.57 Å². The van der Waals surface area contributed by atoms with Gasteiger partial charge in [0.25, 0.3) is 0 Å². The van der Waals surface area contributed by atoms with Gasteiger partial charge in [-0.25, -0.2) is 4.39 Å². The summed E-state index contributed by atoms with van der Waals surface area (Å²) in [5, 5.41) is 9.31. The third kappa shape index (κ3) is 2.97. The van der Waals surface area contributed by atoms with Crippen molar-refractivity contribution < 1.29 is 4.39 Å². The van der Waals surface area contributed by atoms with Crippen LogP contribution in [0.3, 0.4) is 0 Å². The lowest BCUT2D eigenvalue weighted by Gasteiger charge is -2.09. The molecular formula is C16H14FN3S. The summed E-state index contributed by atoms with van der Waals surface area (Å²) in [6.45, 7) is 0.691. The van der Waals surface area contributed by atoms with E-state index < -0.39 is 0 Å². The first-order valence-corrected chi connectivity index (χ1v) is 7.77. The molecule has 0 saturated carbocycles. The first-order valence-electron chi connectivity index (χ1n) is 6.55. The molecule has 5 heteroatoms. The monoisotopic (exact) mass is 299 g/mol. The molecule has 1 heterocycles. The Balaban J connectivity index is 2.02. The zero-order chi connectivity index (χ0) is 14.7. The van der Waals surface area contributed by atoms with Gasteiger partial charge in [-0.1, -0.05) is 42.1 Å². The van der Waals surface area contributed by atoms with Gasteiger partial charge in [-0.05, 0) is 36.1 Å². The summed E-state index contributed by atoms with van der Waals surface area (Å²) in [5.41, 5.74) is 2.04. The molecule has 0 atom stereocenters. The Morgan fingerprint density at radius 3 is 2.38 bits per heavy atom. The Labute approximate surface area is 126 Å². The van der Waals surface area contributed by atoms with Gasteiger partial charge in [-0.2, -0.15) is 0 Å². The summed E-state index contributed by atoms with van der Waals surface area (Å²) in [6.07, 6.45) is 1.97. The molecule has 3 aromatic rings. The zero-order valence-electron chi connectivity index (χ0n) is 11.5. The summed E-state index contributed by atoms with van der Waals surface area (Å²) in [7, 11) is 0. The second-order valence-corrected chi connectivity index (χ2v) is 5.36. The standard InChI is InChI=1S/C16H14FN3S/c1-21-16-19-18-15(13-7-9-14(17)10-8-13)20(16)11-12-5-3-2-4-6-12/h2-10H,11H2,1H3. The molecule has 0 fully saturated rings. The van der Waals surface area contributed by atoms with E-state index in [4.69, 9.17) is 0 Å². The molecule has 0 aliphatic carbocycles. The molecule has 3 rings (SSSR count). The van der Waals surface area contributed by atoms with Crippen LogP contribution in [-0.2, 0) is 6.54 Å². The van der Waals surface area contributed by atoms with Gasteiger partial charge < -0.3 is 0 Å². The molecular weight excluding hydrogens is 285 g/mol. The van der Waals surface area contributed by atoms with Crippen molar-refractivity contribution in [2.45, 2.75) is 11.7 Å². The molecule has 0 aliphatic rings. The van der Waals surface area contributed by atoms with Crippen molar-refractivity contribution in [3.8, 4) is 11.4 Å². The van der Waals surface area contributed by atoms with E-state index in [1.54, 1.807) is 23.9 Å². The van der Waals surface area contributed by atoms with Gasteiger partial charge in [0.1, 0.15) is 5.82 Å². The number of nitrogens with zero attached hydrogens (tertiary/aromatic N) is 3. The average Bonchev–Trinajstić information content (AvgIpc) is 2.92. The van der Waals surface area contributed by atoms with E-state index in [-0.39, 0.29) is 5.82 Å². The minimum absolute atomic E-state index is 0.252. The Hall–Kier alpha value is -2.14. The van der Waals surface area contributed by atoms with Crippen molar-refractivity contribution in [3.63, 3.8) is 0 Å². The molecule has 0 radical (unpaired) electrons. The topological polar surface area (TPSA) is 30.7 Å². The minimum Gasteiger partial charge on any atom is -0.298 e. The number of hydrogen-bond donors (Lipinski definition) is 0. The normalized spacial score (nSPS) is 10.8. The van der Waals surface area contributed by atoms with Crippen molar-refractivity contribution in [3.05, 3.63) is 66.0 Å². The molecule has 0 unspecified atom stereocenters. The molecule has 3 nitrogen and oxygen atoms in total. The van der Waals surface area contributed by atoms with E-state index in [1.807, 2.05) is 29.0 Å². The Kier molecular flexibility index (Phi) is 4.01. The highest BCUT2D eigenvalue weighted by atomic mass is 32.2. The third-order valence-electron chi connectivity index (χ3n) is 3.19. The van der Waals surface area contributed by atoms with E-state index in [1.165, 1.54) is 17.7 Å². The summed E-state index contributed by atoms with van der Waals surface area (Å²) >= 11 is 1.55. The molecule has 106 valence electrons. The van der Waals surface area contributed by atoms with E-state index in [9.17, 15) is 4.39 Å². The molecule has 0 N–H and O–H groups in total. The molecule has 0 amide bonds. The molecule has 0 bridgehead atoms. The van der Waals surface area contributed by atoms with Gasteiger partial charge in [0, 0.05) is 5.56 Å². The van der Waals surface area contributed by atoms with Crippen molar-refractivity contribution in [2.24, 2.45) is 0 Å². The Bertz CT molecular complexity index is 723.